The van der Waals surface area contributed by atoms with Gasteiger partial charge in [-0.2, -0.15) is 0 Å². The highest BCUT2D eigenvalue weighted by molar-refractivity contribution is 6.31. The van der Waals surface area contributed by atoms with Crippen molar-refractivity contribution in [2.75, 3.05) is 33.1 Å². The van der Waals surface area contributed by atoms with E-state index in [4.69, 9.17) is 21.4 Å². The second-order valence-corrected chi connectivity index (χ2v) is 5.19. The van der Waals surface area contributed by atoms with Gasteiger partial charge in [-0.1, -0.05) is 11.6 Å². The van der Waals surface area contributed by atoms with Gasteiger partial charge in [0.2, 0.25) is 0 Å². The third kappa shape index (κ3) is 5.33. The normalized spacial score (nSPS) is 9.91. The number of amides is 3. The number of halogens is 1. The fourth-order valence-corrected chi connectivity index (χ4v) is 1.97. The van der Waals surface area contributed by atoms with Gasteiger partial charge in [0.05, 0.1) is 24.8 Å². The van der Waals surface area contributed by atoms with Gasteiger partial charge in [-0.3, -0.25) is 9.59 Å². The average Bonchev–Trinajstić information content (AvgIpc) is 2.45. The molecule has 0 aliphatic rings. The van der Waals surface area contributed by atoms with Crippen LogP contribution >= 0.6 is 11.6 Å². The van der Waals surface area contributed by atoms with Crippen molar-refractivity contribution in [3.8, 4) is 5.75 Å². The predicted molar refractivity (Wildman–Crippen MR) is 85.3 cm³/mol. The maximum absolute atomic E-state index is 12.2. The Kier molecular flexibility index (Phi) is 6.65. The molecule has 0 aliphatic heterocycles. The molecule has 0 aromatic heterocycles. The Morgan fingerprint density at radius 3 is 2.48 bits per heavy atom. The van der Waals surface area contributed by atoms with Gasteiger partial charge in [0.1, 0.15) is 0 Å². The van der Waals surface area contributed by atoms with Crippen LogP contribution in [-0.4, -0.2) is 55.7 Å². The zero-order chi connectivity index (χ0) is 17.6. The summed E-state index contributed by atoms with van der Waals surface area (Å²) in [5, 5.41) is 13.6. The SMILES string of the molecule is COc1c(NC(=O)NCCC(=O)O)cc(Cl)cc1C(=O)N(C)C. The van der Waals surface area contributed by atoms with Crippen LogP contribution in [0.5, 0.6) is 5.75 Å². The summed E-state index contributed by atoms with van der Waals surface area (Å²) < 4.78 is 5.20. The number of carboxylic acids is 1. The summed E-state index contributed by atoms with van der Waals surface area (Å²) in [6, 6.07) is 2.25. The maximum Gasteiger partial charge on any atom is 0.319 e. The number of hydrogen-bond donors (Lipinski definition) is 3. The minimum atomic E-state index is -1.02. The van der Waals surface area contributed by atoms with Gasteiger partial charge in [-0.15, -0.1) is 0 Å². The van der Waals surface area contributed by atoms with E-state index < -0.39 is 12.0 Å². The molecule has 0 fully saturated rings. The summed E-state index contributed by atoms with van der Waals surface area (Å²) in [6.45, 7) is -0.0342. The third-order valence-electron chi connectivity index (χ3n) is 2.77. The van der Waals surface area contributed by atoms with E-state index in [0.717, 1.165) is 0 Å². The summed E-state index contributed by atoms with van der Waals surface area (Å²) in [7, 11) is 4.52. The van der Waals surface area contributed by atoms with Crippen molar-refractivity contribution in [1.82, 2.24) is 10.2 Å². The van der Waals surface area contributed by atoms with Gasteiger partial charge in [0.15, 0.2) is 5.75 Å². The van der Waals surface area contributed by atoms with Crippen molar-refractivity contribution in [2.24, 2.45) is 0 Å². The summed E-state index contributed by atoms with van der Waals surface area (Å²) in [6.07, 6.45) is -0.204. The highest BCUT2D eigenvalue weighted by atomic mass is 35.5. The summed E-state index contributed by atoms with van der Waals surface area (Å²) >= 11 is 5.98. The molecule has 23 heavy (non-hydrogen) atoms. The standard InChI is InChI=1S/C14H18ClN3O5/c1-18(2)13(21)9-6-8(15)7-10(12(9)23-3)17-14(22)16-5-4-11(19)20/h6-7H,4-5H2,1-3H3,(H,19,20)(H2,16,17,22). The van der Waals surface area contributed by atoms with Crippen LogP contribution in [0.15, 0.2) is 12.1 Å². The summed E-state index contributed by atoms with van der Waals surface area (Å²) in [5.74, 6) is -1.19. The van der Waals surface area contributed by atoms with Crippen molar-refractivity contribution in [2.45, 2.75) is 6.42 Å². The number of methoxy groups -OCH3 is 1. The highest BCUT2D eigenvalue weighted by Gasteiger charge is 2.20. The average molecular weight is 344 g/mol. The Hall–Kier alpha value is -2.48. The van der Waals surface area contributed by atoms with Gasteiger partial charge < -0.3 is 25.4 Å². The minimum absolute atomic E-state index is 0.0342. The van der Waals surface area contributed by atoms with Crippen LogP contribution in [0.4, 0.5) is 10.5 Å². The molecule has 0 saturated heterocycles. The molecular weight excluding hydrogens is 326 g/mol. The Bertz CT molecular complexity index is 619. The van der Waals surface area contributed by atoms with Crippen molar-refractivity contribution < 1.29 is 24.2 Å². The van der Waals surface area contributed by atoms with E-state index in [-0.39, 0.29) is 40.9 Å². The number of benzene rings is 1. The first-order valence-corrected chi connectivity index (χ1v) is 7.00. The minimum Gasteiger partial charge on any atom is -0.494 e. The lowest BCUT2D eigenvalue weighted by Crippen LogP contribution is -2.31. The first-order valence-electron chi connectivity index (χ1n) is 6.62. The fourth-order valence-electron chi connectivity index (χ4n) is 1.76. The number of urea groups is 1. The molecule has 0 radical (unpaired) electrons. The molecule has 0 heterocycles. The molecule has 1 aromatic carbocycles. The van der Waals surface area contributed by atoms with Crippen LogP contribution in [-0.2, 0) is 4.79 Å². The number of carbonyl (C=O) groups is 3. The van der Waals surface area contributed by atoms with Gasteiger partial charge in [-0.05, 0) is 12.1 Å². The molecule has 0 aliphatic carbocycles. The highest BCUT2D eigenvalue weighted by Crippen LogP contribution is 2.33. The Morgan fingerprint density at radius 1 is 1.30 bits per heavy atom. The molecule has 0 saturated carbocycles. The smallest absolute Gasteiger partial charge is 0.319 e. The van der Waals surface area contributed by atoms with Gasteiger partial charge in [0.25, 0.3) is 5.91 Å². The molecule has 9 heteroatoms. The first kappa shape index (κ1) is 18.6. The second kappa shape index (κ2) is 8.23. The Labute approximate surface area is 138 Å². The van der Waals surface area contributed by atoms with Crippen LogP contribution in [0.3, 0.4) is 0 Å². The van der Waals surface area contributed by atoms with E-state index in [2.05, 4.69) is 10.6 Å². The number of ether oxygens (including phenoxy) is 1. The van der Waals surface area contributed by atoms with Crippen LogP contribution in [0.2, 0.25) is 5.02 Å². The molecule has 8 nitrogen and oxygen atoms in total. The lowest BCUT2D eigenvalue weighted by Gasteiger charge is -2.17. The number of anilines is 1. The van der Waals surface area contributed by atoms with Gasteiger partial charge >= 0.3 is 12.0 Å². The molecule has 0 unspecified atom stereocenters. The van der Waals surface area contributed by atoms with E-state index in [0.29, 0.717) is 0 Å². The van der Waals surface area contributed by atoms with Crippen LogP contribution in [0.25, 0.3) is 0 Å². The third-order valence-corrected chi connectivity index (χ3v) is 2.99. The van der Waals surface area contributed by atoms with E-state index in [1.54, 1.807) is 14.1 Å². The number of nitrogens with one attached hydrogen (secondary N) is 2. The summed E-state index contributed by atoms with van der Waals surface area (Å²) in [5.41, 5.74) is 0.406. The number of carbonyl (C=O) groups excluding carboxylic acids is 2. The van der Waals surface area contributed by atoms with Crippen molar-refractivity contribution in [1.29, 1.82) is 0 Å². The van der Waals surface area contributed by atoms with E-state index in [1.165, 1.54) is 24.1 Å². The van der Waals surface area contributed by atoms with Crippen molar-refractivity contribution in [3.05, 3.63) is 22.7 Å². The molecule has 0 bridgehead atoms. The van der Waals surface area contributed by atoms with Crippen molar-refractivity contribution in [3.63, 3.8) is 0 Å². The van der Waals surface area contributed by atoms with Crippen LogP contribution in [0.1, 0.15) is 16.8 Å². The van der Waals surface area contributed by atoms with E-state index >= 15 is 0 Å². The van der Waals surface area contributed by atoms with Crippen molar-refractivity contribution >= 4 is 35.2 Å². The number of rotatable bonds is 6. The molecular formula is C14H18ClN3O5. The molecule has 0 spiro atoms. The number of nitrogens with zero attached hydrogens (tertiary/aromatic N) is 1. The Balaban J connectivity index is 3.00. The first-order chi connectivity index (χ1) is 10.8. The lowest BCUT2D eigenvalue weighted by molar-refractivity contribution is -0.136. The number of aliphatic carboxylic acids is 1. The molecule has 3 N–H and O–H groups in total. The van der Waals surface area contributed by atoms with E-state index in [1.807, 2.05) is 0 Å². The second-order valence-electron chi connectivity index (χ2n) is 4.76. The van der Waals surface area contributed by atoms with E-state index in [9.17, 15) is 14.4 Å². The Morgan fingerprint density at radius 2 is 1.96 bits per heavy atom. The zero-order valence-electron chi connectivity index (χ0n) is 13.0. The molecule has 126 valence electrons. The van der Waals surface area contributed by atoms with Crippen LogP contribution in [0, 0.1) is 0 Å². The molecule has 1 aromatic rings. The zero-order valence-corrected chi connectivity index (χ0v) is 13.7. The molecule has 0 atom stereocenters. The maximum atomic E-state index is 12.2. The monoisotopic (exact) mass is 343 g/mol. The largest absolute Gasteiger partial charge is 0.494 e. The topological polar surface area (TPSA) is 108 Å². The quantitative estimate of drug-likeness (QED) is 0.727. The lowest BCUT2D eigenvalue weighted by atomic mass is 10.1. The number of hydrogen-bond acceptors (Lipinski definition) is 4. The number of carboxylic acid groups (broad SMARTS) is 1. The summed E-state index contributed by atoms with van der Waals surface area (Å²) in [4.78, 5) is 35.7. The molecule has 3 amide bonds. The van der Waals surface area contributed by atoms with Gasteiger partial charge in [-0.25, -0.2) is 4.79 Å². The fraction of sp³-hybridized carbons (Fsp3) is 0.357. The van der Waals surface area contributed by atoms with Crippen LogP contribution < -0.4 is 15.4 Å². The molecule has 1 rings (SSSR count). The predicted octanol–water partition coefficient (Wildman–Crippen LogP) is 1.65. The van der Waals surface area contributed by atoms with Gasteiger partial charge in [0, 0.05) is 25.7 Å².